The average Bonchev–Trinajstić information content (AvgIpc) is 2.67. The molecule has 1 heterocycles. The summed E-state index contributed by atoms with van der Waals surface area (Å²) in [6, 6.07) is 17.6. The Balaban J connectivity index is 1.48. The third kappa shape index (κ3) is 5.60. The molecule has 1 aliphatic heterocycles. The van der Waals surface area contributed by atoms with E-state index in [0.717, 1.165) is 23.3 Å². The first-order valence-electron chi connectivity index (χ1n) is 9.30. The molecule has 136 valence electrons. The fraction of sp³-hybridized carbons (Fsp3) is 0.364. The van der Waals surface area contributed by atoms with E-state index in [-0.39, 0.29) is 0 Å². The Morgan fingerprint density at radius 2 is 1.92 bits per heavy atom. The van der Waals surface area contributed by atoms with E-state index >= 15 is 0 Å². The van der Waals surface area contributed by atoms with Gasteiger partial charge < -0.3 is 15.0 Å². The van der Waals surface area contributed by atoms with Gasteiger partial charge in [0.05, 0.1) is 19.1 Å². The number of nitrogens with one attached hydrogen (secondary N) is 1. The number of nitrogens with two attached hydrogens (primary N) is 1. The first-order chi connectivity index (χ1) is 12.7. The molecule has 0 radical (unpaired) electrons. The summed E-state index contributed by atoms with van der Waals surface area (Å²) in [5.74, 6) is 3.44. The second-order valence-corrected chi connectivity index (χ2v) is 7.85. The number of piperidine rings is 1. The second-order valence-electron chi connectivity index (χ2n) is 6.93. The predicted octanol–water partition coefficient (Wildman–Crippen LogP) is 1.77. The van der Waals surface area contributed by atoms with Crippen molar-refractivity contribution in [2.45, 2.75) is 32.0 Å². The summed E-state index contributed by atoms with van der Waals surface area (Å²) in [4.78, 5) is 1.70. The van der Waals surface area contributed by atoms with Crippen LogP contribution in [0.4, 0.5) is 0 Å². The minimum Gasteiger partial charge on any atom is -0.480 e. The topological polar surface area (TPSA) is 30.3 Å². The van der Waals surface area contributed by atoms with E-state index in [2.05, 4.69) is 63.6 Å². The summed E-state index contributed by atoms with van der Waals surface area (Å²) >= 11 is 3.56. The van der Waals surface area contributed by atoms with Gasteiger partial charge >= 0.3 is 0 Å². The normalized spacial score (nSPS) is 19.7. The first kappa shape index (κ1) is 19.0. The lowest BCUT2D eigenvalue weighted by Gasteiger charge is -2.28. The molecule has 2 aromatic rings. The van der Waals surface area contributed by atoms with Crippen LogP contribution in [0, 0.1) is 12.3 Å². The highest BCUT2D eigenvalue weighted by Crippen LogP contribution is 2.22. The van der Waals surface area contributed by atoms with Crippen LogP contribution >= 0.6 is 15.9 Å². The molecule has 0 bridgehead atoms. The Morgan fingerprint density at radius 3 is 2.65 bits per heavy atom. The van der Waals surface area contributed by atoms with Crippen LogP contribution in [0.2, 0.25) is 0 Å². The van der Waals surface area contributed by atoms with Gasteiger partial charge in [-0.3, -0.25) is 0 Å². The number of halogens is 1. The second kappa shape index (κ2) is 9.78. The molecule has 26 heavy (non-hydrogen) atoms. The van der Waals surface area contributed by atoms with Crippen LogP contribution in [0.5, 0.6) is 5.75 Å². The molecule has 0 amide bonds. The molecule has 1 saturated heterocycles. The minimum absolute atomic E-state index is 0.315. The van der Waals surface area contributed by atoms with E-state index in [1.807, 2.05) is 12.1 Å². The van der Waals surface area contributed by atoms with Crippen LogP contribution < -0.4 is 15.0 Å². The molecule has 3 nitrogen and oxygen atoms in total. The lowest BCUT2D eigenvalue weighted by atomic mass is 10.0. The summed E-state index contributed by atoms with van der Waals surface area (Å²) in [6.07, 6.45) is 7.84. The number of likely N-dealkylation sites (tertiary alicyclic amines) is 1. The van der Waals surface area contributed by atoms with E-state index in [9.17, 15) is 0 Å². The monoisotopic (exact) mass is 414 g/mol. The van der Waals surface area contributed by atoms with Crippen LogP contribution in [-0.4, -0.2) is 25.7 Å². The van der Waals surface area contributed by atoms with Crippen molar-refractivity contribution in [1.82, 2.24) is 0 Å². The lowest BCUT2D eigenvalue weighted by molar-refractivity contribution is -0.926. The van der Waals surface area contributed by atoms with Crippen molar-refractivity contribution < 1.29 is 15.0 Å². The molecule has 1 fully saturated rings. The van der Waals surface area contributed by atoms with Gasteiger partial charge in [0, 0.05) is 28.4 Å². The van der Waals surface area contributed by atoms with Gasteiger partial charge in [0.1, 0.15) is 25.4 Å². The molecule has 0 aliphatic carbocycles. The molecule has 3 N–H and O–H groups in total. The van der Waals surface area contributed by atoms with Crippen LogP contribution in [0.1, 0.15) is 24.0 Å². The predicted molar refractivity (Wildman–Crippen MR) is 108 cm³/mol. The first-order valence-corrected chi connectivity index (χ1v) is 10.1. The lowest BCUT2D eigenvalue weighted by Crippen LogP contribution is -3.13. The number of hydrogen-bond donors (Lipinski definition) is 2. The van der Waals surface area contributed by atoms with Gasteiger partial charge in [0.2, 0.25) is 0 Å². The van der Waals surface area contributed by atoms with Crippen molar-refractivity contribution in [3.05, 3.63) is 64.1 Å². The van der Waals surface area contributed by atoms with E-state index in [0.29, 0.717) is 12.6 Å². The molecule has 0 unspecified atom stereocenters. The Morgan fingerprint density at radius 1 is 1.15 bits per heavy atom. The van der Waals surface area contributed by atoms with Crippen LogP contribution in [0.15, 0.2) is 53.0 Å². The van der Waals surface area contributed by atoms with Crippen molar-refractivity contribution in [3.8, 4) is 18.1 Å². The summed E-state index contributed by atoms with van der Waals surface area (Å²) < 4.78 is 6.76. The SMILES string of the molecule is C#CCOc1ccc(Br)cc1C[NH2+]C1CC[NH+](Cc2ccccc2)CC1. The van der Waals surface area contributed by atoms with Gasteiger partial charge in [-0.15, -0.1) is 6.42 Å². The Bertz CT molecular complexity index is 734. The van der Waals surface area contributed by atoms with Crippen LogP contribution in [0.25, 0.3) is 0 Å². The van der Waals surface area contributed by atoms with Crippen LogP contribution in [-0.2, 0) is 13.1 Å². The quantitative estimate of drug-likeness (QED) is 0.664. The van der Waals surface area contributed by atoms with Gasteiger partial charge in [-0.2, -0.15) is 0 Å². The maximum Gasteiger partial charge on any atom is 0.148 e. The summed E-state index contributed by atoms with van der Waals surface area (Å²) in [5.41, 5.74) is 2.64. The van der Waals surface area contributed by atoms with Crippen molar-refractivity contribution in [2.24, 2.45) is 0 Å². The highest BCUT2D eigenvalue weighted by molar-refractivity contribution is 9.10. The standard InChI is InChI=1S/C22H25BrN2O/c1-2-14-26-22-9-8-20(23)15-19(22)16-24-21-10-12-25(13-11-21)17-18-6-4-3-5-7-18/h1,3-9,15,21,24H,10-14,16-17H2/p+2. The van der Waals surface area contributed by atoms with E-state index in [1.54, 1.807) is 4.90 Å². The van der Waals surface area contributed by atoms with E-state index < -0.39 is 0 Å². The molecule has 0 aromatic heterocycles. The fourth-order valence-electron chi connectivity index (χ4n) is 3.61. The molecule has 0 saturated carbocycles. The summed E-state index contributed by atoms with van der Waals surface area (Å²) in [7, 11) is 0. The van der Waals surface area contributed by atoms with Crippen molar-refractivity contribution >= 4 is 15.9 Å². The number of quaternary nitrogens is 2. The zero-order chi connectivity index (χ0) is 18.2. The maximum absolute atomic E-state index is 5.68. The Labute approximate surface area is 164 Å². The molecule has 3 rings (SSSR count). The van der Waals surface area contributed by atoms with Crippen molar-refractivity contribution in [3.63, 3.8) is 0 Å². The number of rotatable bonds is 7. The van der Waals surface area contributed by atoms with Crippen molar-refractivity contribution in [1.29, 1.82) is 0 Å². The van der Waals surface area contributed by atoms with E-state index in [1.165, 1.54) is 37.1 Å². The summed E-state index contributed by atoms with van der Waals surface area (Å²) in [5, 5.41) is 2.46. The molecule has 1 aliphatic rings. The minimum atomic E-state index is 0.315. The Kier molecular flexibility index (Phi) is 7.13. The molecule has 4 heteroatoms. The Hall–Kier alpha value is -1.80. The largest absolute Gasteiger partial charge is 0.480 e. The number of hydrogen-bond acceptors (Lipinski definition) is 1. The van der Waals surface area contributed by atoms with E-state index in [4.69, 9.17) is 11.2 Å². The fourth-order valence-corrected chi connectivity index (χ4v) is 4.02. The molecular weight excluding hydrogens is 388 g/mol. The third-order valence-corrected chi connectivity index (χ3v) is 5.53. The highest BCUT2D eigenvalue weighted by Gasteiger charge is 2.24. The molecule has 2 aromatic carbocycles. The number of ether oxygens (including phenoxy) is 1. The number of benzene rings is 2. The van der Waals surface area contributed by atoms with Gasteiger partial charge in [0.15, 0.2) is 0 Å². The van der Waals surface area contributed by atoms with Gasteiger partial charge in [-0.1, -0.05) is 52.2 Å². The van der Waals surface area contributed by atoms with Crippen molar-refractivity contribution in [2.75, 3.05) is 19.7 Å². The molecular formula is C22H27BrN2O+2. The zero-order valence-electron chi connectivity index (χ0n) is 15.1. The van der Waals surface area contributed by atoms with Crippen LogP contribution in [0.3, 0.4) is 0 Å². The third-order valence-electron chi connectivity index (χ3n) is 5.04. The van der Waals surface area contributed by atoms with Gasteiger partial charge in [0.25, 0.3) is 0 Å². The highest BCUT2D eigenvalue weighted by atomic mass is 79.9. The summed E-state index contributed by atoms with van der Waals surface area (Å²) in [6.45, 7) is 4.88. The van der Waals surface area contributed by atoms with Gasteiger partial charge in [-0.05, 0) is 18.2 Å². The smallest absolute Gasteiger partial charge is 0.148 e. The molecule has 0 atom stereocenters. The maximum atomic E-state index is 5.68. The average molecular weight is 415 g/mol. The molecule has 0 spiro atoms. The van der Waals surface area contributed by atoms with Gasteiger partial charge in [-0.25, -0.2) is 0 Å². The zero-order valence-corrected chi connectivity index (χ0v) is 16.7. The number of terminal acetylenes is 1.